The minimum Gasteiger partial charge on any atom is -0.390 e. The molecule has 0 aliphatic heterocycles. The van der Waals surface area contributed by atoms with Gasteiger partial charge in [0.2, 0.25) is 0 Å². The van der Waals surface area contributed by atoms with Gasteiger partial charge in [-0.15, -0.1) is 0 Å². The van der Waals surface area contributed by atoms with Crippen molar-refractivity contribution in [2.75, 3.05) is 5.33 Å². The molecule has 0 heterocycles. The van der Waals surface area contributed by atoms with Crippen LogP contribution in [0, 0.1) is 11.8 Å². The summed E-state index contributed by atoms with van der Waals surface area (Å²) in [6, 6.07) is 0. The minimum atomic E-state index is -0.374. The lowest BCUT2D eigenvalue weighted by Gasteiger charge is -2.38. The normalized spacial score (nSPS) is 43.0. The predicted octanol–water partition coefficient (Wildman–Crippen LogP) is 2.96. The van der Waals surface area contributed by atoms with Crippen LogP contribution in [0.25, 0.3) is 0 Å². The van der Waals surface area contributed by atoms with E-state index in [4.69, 9.17) is 0 Å². The Morgan fingerprint density at radius 1 is 1.33 bits per heavy atom. The minimum absolute atomic E-state index is 0.374. The van der Waals surface area contributed by atoms with Crippen molar-refractivity contribution in [1.29, 1.82) is 0 Å². The van der Waals surface area contributed by atoms with E-state index in [1.54, 1.807) is 0 Å². The maximum Gasteiger partial charge on any atom is 0.0660 e. The Kier molecular flexibility index (Phi) is 3.59. The van der Waals surface area contributed by atoms with Crippen LogP contribution in [-0.2, 0) is 0 Å². The predicted molar refractivity (Wildman–Crippen MR) is 55.5 cm³/mol. The summed E-state index contributed by atoms with van der Waals surface area (Å²) in [6.07, 6.45) is 4.16. The highest BCUT2D eigenvalue weighted by molar-refractivity contribution is 9.09. The highest BCUT2D eigenvalue weighted by Gasteiger charge is 2.34. The Morgan fingerprint density at radius 2 is 1.83 bits per heavy atom. The van der Waals surface area contributed by atoms with E-state index in [2.05, 4.69) is 29.8 Å². The fourth-order valence-corrected chi connectivity index (χ4v) is 3.35. The maximum absolute atomic E-state index is 10.2. The van der Waals surface area contributed by atoms with Crippen molar-refractivity contribution in [2.45, 2.75) is 45.1 Å². The second kappa shape index (κ2) is 4.10. The lowest BCUT2D eigenvalue weighted by molar-refractivity contribution is -0.0326. The van der Waals surface area contributed by atoms with Gasteiger partial charge in [-0.05, 0) is 37.5 Å². The van der Waals surface area contributed by atoms with Crippen LogP contribution in [-0.4, -0.2) is 16.0 Å². The summed E-state index contributed by atoms with van der Waals surface area (Å²) >= 11 is 3.40. The number of hydrogen-bond acceptors (Lipinski definition) is 1. The van der Waals surface area contributed by atoms with Gasteiger partial charge in [0.1, 0.15) is 0 Å². The molecule has 1 saturated carbocycles. The maximum atomic E-state index is 10.2. The van der Waals surface area contributed by atoms with E-state index < -0.39 is 0 Å². The van der Waals surface area contributed by atoms with Crippen molar-refractivity contribution in [2.24, 2.45) is 11.8 Å². The van der Waals surface area contributed by atoms with Gasteiger partial charge in [-0.2, -0.15) is 0 Å². The molecule has 12 heavy (non-hydrogen) atoms. The summed E-state index contributed by atoms with van der Waals surface area (Å²) in [4.78, 5) is 0. The van der Waals surface area contributed by atoms with E-state index >= 15 is 0 Å². The number of alkyl halides is 1. The van der Waals surface area contributed by atoms with Gasteiger partial charge in [-0.25, -0.2) is 0 Å². The topological polar surface area (TPSA) is 20.2 Å². The molecule has 2 unspecified atom stereocenters. The fourth-order valence-electron chi connectivity index (χ4n) is 2.61. The van der Waals surface area contributed by atoms with Gasteiger partial charge < -0.3 is 5.11 Å². The average molecular weight is 235 g/mol. The van der Waals surface area contributed by atoms with Gasteiger partial charge in [0, 0.05) is 5.33 Å². The largest absolute Gasteiger partial charge is 0.390 e. The number of hydrogen-bond donors (Lipinski definition) is 1. The van der Waals surface area contributed by atoms with Crippen molar-refractivity contribution < 1.29 is 5.11 Å². The van der Waals surface area contributed by atoms with Gasteiger partial charge in [0.05, 0.1) is 5.60 Å². The molecular weight excluding hydrogens is 216 g/mol. The number of rotatable bonds is 2. The molecule has 0 aromatic rings. The van der Waals surface area contributed by atoms with Crippen molar-refractivity contribution >= 4 is 15.9 Å². The van der Waals surface area contributed by atoms with E-state index in [0.717, 1.165) is 24.6 Å². The Morgan fingerprint density at radius 3 is 2.25 bits per heavy atom. The molecular formula is C10H19BrO. The molecule has 72 valence electrons. The van der Waals surface area contributed by atoms with Crippen LogP contribution in [0.4, 0.5) is 0 Å². The first kappa shape index (κ1) is 10.5. The standard InChI is InChI=1S/C10H19BrO/c1-8-5-9(2)7-10(12,6-8)3-4-11/h8-9,12H,3-7H2,1-2H3. The zero-order chi connectivity index (χ0) is 9.19. The summed E-state index contributed by atoms with van der Waals surface area (Å²) in [7, 11) is 0. The number of halogens is 1. The SMILES string of the molecule is CC1CC(C)CC(O)(CCBr)C1. The van der Waals surface area contributed by atoms with Gasteiger partial charge in [-0.3, -0.25) is 0 Å². The second-order valence-corrected chi connectivity index (χ2v) is 5.31. The quantitative estimate of drug-likeness (QED) is 0.729. The van der Waals surface area contributed by atoms with E-state index in [1.165, 1.54) is 6.42 Å². The fraction of sp³-hybridized carbons (Fsp3) is 1.00. The lowest BCUT2D eigenvalue weighted by atomic mass is 9.73. The van der Waals surface area contributed by atoms with E-state index in [-0.39, 0.29) is 5.60 Å². The highest BCUT2D eigenvalue weighted by Crippen LogP contribution is 2.37. The van der Waals surface area contributed by atoms with Gasteiger partial charge in [0.15, 0.2) is 0 Å². The molecule has 1 N–H and O–H groups in total. The molecule has 0 aromatic heterocycles. The molecule has 1 aliphatic carbocycles. The van der Waals surface area contributed by atoms with E-state index in [9.17, 15) is 5.11 Å². The molecule has 1 aliphatic rings. The Bertz CT molecular complexity index is 137. The second-order valence-electron chi connectivity index (χ2n) is 4.52. The Balaban J connectivity index is 2.52. The highest BCUT2D eigenvalue weighted by atomic mass is 79.9. The zero-order valence-electron chi connectivity index (χ0n) is 8.02. The van der Waals surface area contributed by atoms with Crippen molar-refractivity contribution in [3.8, 4) is 0 Å². The molecule has 1 nitrogen and oxygen atoms in total. The van der Waals surface area contributed by atoms with Crippen LogP contribution in [0.2, 0.25) is 0 Å². The summed E-state index contributed by atoms with van der Waals surface area (Å²) in [5.41, 5.74) is -0.374. The smallest absolute Gasteiger partial charge is 0.0660 e. The van der Waals surface area contributed by atoms with Crippen molar-refractivity contribution in [3.63, 3.8) is 0 Å². The van der Waals surface area contributed by atoms with Crippen LogP contribution in [0.15, 0.2) is 0 Å². The zero-order valence-corrected chi connectivity index (χ0v) is 9.60. The first-order chi connectivity index (χ1) is 5.56. The Labute approximate surface area is 83.7 Å². The molecule has 0 radical (unpaired) electrons. The van der Waals surface area contributed by atoms with Crippen LogP contribution >= 0.6 is 15.9 Å². The molecule has 0 bridgehead atoms. The summed E-state index contributed by atoms with van der Waals surface area (Å²) in [6.45, 7) is 4.49. The lowest BCUT2D eigenvalue weighted by Crippen LogP contribution is -2.38. The van der Waals surface area contributed by atoms with Gasteiger partial charge in [-0.1, -0.05) is 29.8 Å². The van der Waals surface area contributed by atoms with E-state index in [1.807, 2.05) is 0 Å². The summed E-state index contributed by atoms with van der Waals surface area (Å²) in [5, 5.41) is 11.1. The average Bonchev–Trinajstić information content (AvgIpc) is 1.82. The van der Waals surface area contributed by atoms with Crippen LogP contribution in [0.1, 0.15) is 39.5 Å². The molecule has 0 aromatic carbocycles. The molecule has 0 saturated heterocycles. The van der Waals surface area contributed by atoms with Crippen LogP contribution in [0.5, 0.6) is 0 Å². The molecule has 1 rings (SSSR count). The first-order valence-corrected chi connectivity index (χ1v) is 5.96. The van der Waals surface area contributed by atoms with Crippen molar-refractivity contribution in [3.05, 3.63) is 0 Å². The molecule has 2 atom stereocenters. The Hall–Kier alpha value is 0.440. The summed E-state index contributed by atoms with van der Waals surface area (Å²) < 4.78 is 0. The monoisotopic (exact) mass is 234 g/mol. The third-order valence-corrected chi connectivity index (χ3v) is 3.22. The molecule has 1 fully saturated rings. The molecule has 2 heteroatoms. The van der Waals surface area contributed by atoms with Crippen LogP contribution < -0.4 is 0 Å². The third kappa shape index (κ3) is 2.74. The number of aliphatic hydroxyl groups is 1. The van der Waals surface area contributed by atoms with Crippen molar-refractivity contribution in [1.82, 2.24) is 0 Å². The van der Waals surface area contributed by atoms with Gasteiger partial charge in [0.25, 0.3) is 0 Å². The first-order valence-electron chi connectivity index (χ1n) is 4.84. The van der Waals surface area contributed by atoms with Gasteiger partial charge >= 0.3 is 0 Å². The molecule has 0 spiro atoms. The van der Waals surface area contributed by atoms with E-state index in [0.29, 0.717) is 11.8 Å². The van der Waals surface area contributed by atoms with Crippen LogP contribution in [0.3, 0.4) is 0 Å². The third-order valence-electron chi connectivity index (χ3n) is 2.82. The molecule has 0 amide bonds. The summed E-state index contributed by atoms with van der Waals surface area (Å²) in [5.74, 6) is 1.38.